The summed E-state index contributed by atoms with van der Waals surface area (Å²) >= 11 is 0. The first kappa shape index (κ1) is 24.4. The van der Waals surface area contributed by atoms with Gasteiger partial charge in [0.15, 0.2) is 18.1 Å². The molecular weight excluding hydrogens is 436 g/mol. The summed E-state index contributed by atoms with van der Waals surface area (Å²) in [7, 11) is 4.74. The molecule has 8 nitrogen and oxygen atoms in total. The third-order valence-electron chi connectivity index (χ3n) is 5.02. The highest BCUT2D eigenvalue weighted by Gasteiger charge is 2.14. The molecule has 3 rings (SSSR count). The van der Waals surface area contributed by atoms with Crippen LogP contribution in [-0.2, 0) is 11.2 Å². The zero-order valence-electron chi connectivity index (χ0n) is 19.4. The van der Waals surface area contributed by atoms with Gasteiger partial charge in [0.2, 0.25) is 0 Å². The molecule has 0 aliphatic rings. The Morgan fingerprint density at radius 1 is 0.794 bits per heavy atom. The van der Waals surface area contributed by atoms with Gasteiger partial charge in [-0.15, -0.1) is 0 Å². The number of benzene rings is 3. The summed E-state index contributed by atoms with van der Waals surface area (Å²) in [5.74, 6) is 1.68. The van der Waals surface area contributed by atoms with Gasteiger partial charge < -0.3 is 29.6 Å². The molecule has 0 heterocycles. The maximum Gasteiger partial charge on any atom is 0.259 e. The summed E-state index contributed by atoms with van der Waals surface area (Å²) in [5, 5.41) is 5.63. The first-order chi connectivity index (χ1) is 16.5. The molecule has 3 aromatic rings. The Balaban J connectivity index is 1.51. The van der Waals surface area contributed by atoms with Crippen molar-refractivity contribution in [2.24, 2.45) is 0 Å². The summed E-state index contributed by atoms with van der Waals surface area (Å²) < 4.78 is 21.3. The SMILES string of the molecule is COc1ccc(NC(=O)c2ccccc2OCC(=O)NCCc2ccc(OC)c(OC)c2)cc1. The van der Waals surface area contributed by atoms with E-state index in [-0.39, 0.29) is 18.4 Å². The summed E-state index contributed by atoms with van der Waals surface area (Å²) in [6, 6.07) is 19.4. The van der Waals surface area contributed by atoms with E-state index in [9.17, 15) is 9.59 Å². The van der Waals surface area contributed by atoms with Gasteiger partial charge in [-0.25, -0.2) is 0 Å². The lowest BCUT2D eigenvalue weighted by Crippen LogP contribution is -2.30. The van der Waals surface area contributed by atoms with Crippen LogP contribution in [0.5, 0.6) is 23.0 Å². The van der Waals surface area contributed by atoms with Crippen LogP contribution in [0, 0.1) is 0 Å². The third kappa shape index (κ3) is 6.65. The monoisotopic (exact) mass is 464 g/mol. The largest absolute Gasteiger partial charge is 0.497 e. The van der Waals surface area contributed by atoms with E-state index in [0.29, 0.717) is 47.2 Å². The van der Waals surface area contributed by atoms with Gasteiger partial charge in [0.25, 0.3) is 11.8 Å². The standard InChI is InChI=1S/C26H28N2O6/c1-31-20-11-9-19(10-12-20)28-26(30)21-6-4-5-7-22(21)34-17-25(29)27-15-14-18-8-13-23(32-2)24(16-18)33-3/h4-13,16H,14-15,17H2,1-3H3,(H,27,29)(H,28,30). The van der Waals surface area contributed by atoms with Crippen molar-refractivity contribution < 1.29 is 28.5 Å². The van der Waals surface area contributed by atoms with Gasteiger partial charge in [0, 0.05) is 12.2 Å². The summed E-state index contributed by atoms with van der Waals surface area (Å²) in [4.78, 5) is 25.0. The average Bonchev–Trinajstić information content (AvgIpc) is 2.88. The van der Waals surface area contributed by atoms with Crippen LogP contribution >= 0.6 is 0 Å². The van der Waals surface area contributed by atoms with Gasteiger partial charge in [0.1, 0.15) is 11.5 Å². The second kappa shape index (κ2) is 12.2. The lowest BCUT2D eigenvalue weighted by atomic mass is 10.1. The van der Waals surface area contributed by atoms with Gasteiger partial charge in [-0.2, -0.15) is 0 Å². The first-order valence-corrected chi connectivity index (χ1v) is 10.7. The van der Waals surface area contributed by atoms with Crippen molar-refractivity contribution in [2.45, 2.75) is 6.42 Å². The highest BCUT2D eigenvalue weighted by Crippen LogP contribution is 2.27. The maximum atomic E-state index is 12.7. The normalized spacial score (nSPS) is 10.2. The summed E-state index contributed by atoms with van der Waals surface area (Å²) in [6.07, 6.45) is 0.618. The molecular formula is C26H28N2O6. The van der Waals surface area contributed by atoms with Crippen molar-refractivity contribution in [1.82, 2.24) is 5.32 Å². The number of hydrogen-bond acceptors (Lipinski definition) is 6. The van der Waals surface area contributed by atoms with Crippen molar-refractivity contribution in [3.8, 4) is 23.0 Å². The van der Waals surface area contributed by atoms with Crippen LogP contribution in [0.3, 0.4) is 0 Å². The van der Waals surface area contributed by atoms with Crippen molar-refractivity contribution in [1.29, 1.82) is 0 Å². The second-order valence-corrected chi connectivity index (χ2v) is 7.26. The summed E-state index contributed by atoms with van der Waals surface area (Å²) in [6.45, 7) is 0.218. The predicted molar refractivity (Wildman–Crippen MR) is 129 cm³/mol. The Hall–Kier alpha value is -4.20. The van der Waals surface area contributed by atoms with Crippen LogP contribution in [0.4, 0.5) is 5.69 Å². The van der Waals surface area contributed by atoms with E-state index < -0.39 is 0 Å². The smallest absolute Gasteiger partial charge is 0.259 e. The zero-order valence-corrected chi connectivity index (χ0v) is 19.4. The molecule has 0 fully saturated rings. The van der Waals surface area contributed by atoms with Crippen molar-refractivity contribution >= 4 is 17.5 Å². The van der Waals surface area contributed by atoms with Gasteiger partial charge >= 0.3 is 0 Å². The minimum Gasteiger partial charge on any atom is -0.497 e. The van der Waals surface area contributed by atoms with Crippen molar-refractivity contribution in [3.05, 3.63) is 77.9 Å². The van der Waals surface area contributed by atoms with E-state index in [2.05, 4.69) is 10.6 Å². The van der Waals surface area contributed by atoms with Crippen molar-refractivity contribution in [3.63, 3.8) is 0 Å². The molecule has 178 valence electrons. The highest BCUT2D eigenvalue weighted by molar-refractivity contribution is 6.06. The molecule has 3 aromatic carbocycles. The fourth-order valence-electron chi connectivity index (χ4n) is 3.23. The molecule has 0 aromatic heterocycles. The molecule has 0 radical (unpaired) electrons. The van der Waals surface area contributed by atoms with Gasteiger partial charge in [-0.1, -0.05) is 18.2 Å². The molecule has 0 saturated carbocycles. The van der Waals surface area contributed by atoms with Gasteiger partial charge in [0.05, 0.1) is 26.9 Å². The predicted octanol–water partition coefficient (Wildman–Crippen LogP) is 3.70. The van der Waals surface area contributed by atoms with E-state index in [4.69, 9.17) is 18.9 Å². The minimum absolute atomic E-state index is 0.210. The van der Waals surface area contributed by atoms with Crippen LogP contribution in [0.15, 0.2) is 66.7 Å². The number of carbonyl (C=O) groups is 2. The lowest BCUT2D eigenvalue weighted by molar-refractivity contribution is -0.123. The van der Waals surface area contributed by atoms with E-state index in [1.54, 1.807) is 69.9 Å². The molecule has 8 heteroatoms. The highest BCUT2D eigenvalue weighted by atomic mass is 16.5. The number of hydrogen-bond donors (Lipinski definition) is 2. The Bertz CT molecular complexity index is 1110. The molecule has 2 amide bonds. The van der Waals surface area contributed by atoms with Crippen molar-refractivity contribution in [2.75, 3.05) is 39.8 Å². The lowest BCUT2D eigenvalue weighted by Gasteiger charge is -2.12. The molecule has 0 spiro atoms. The Kier molecular flexibility index (Phi) is 8.73. The Labute approximate surface area is 198 Å². The fourth-order valence-corrected chi connectivity index (χ4v) is 3.23. The Morgan fingerprint density at radius 3 is 2.24 bits per heavy atom. The maximum absolute atomic E-state index is 12.7. The zero-order chi connectivity index (χ0) is 24.3. The number of ether oxygens (including phenoxy) is 4. The summed E-state index contributed by atoms with van der Waals surface area (Å²) in [5.41, 5.74) is 1.95. The first-order valence-electron chi connectivity index (χ1n) is 10.7. The molecule has 2 N–H and O–H groups in total. The number of nitrogens with one attached hydrogen (secondary N) is 2. The molecule has 0 aliphatic carbocycles. The van der Waals surface area contributed by atoms with E-state index >= 15 is 0 Å². The Morgan fingerprint density at radius 2 is 1.53 bits per heavy atom. The second-order valence-electron chi connectivity index (χ2n) is 7.26. The number of anilines is 1. The molecule has 0 saturated heterocycles. The van der Waals surface area contributed by atoms with E-state index in [1.807, 2.05) is 18.2 Å². The number of methoxy groups -OCH3 is 3. The third-order valence-corrected chi connectivity index (χ3v) is 5.02. The minimum atomic E-state index is -0.338. The molecule has 0 unspecified atom stereocenters. The number of amides is 2. The topological polar surface area (TPSA) is 95.1 Å². The fraction of sp³-hybridized carbons (Fsp3) is 0.231. The quantitative estimate of drug-likeness (QED) is 0.449. The number of carbonyl (C=O) groups excluding carboxylic acids is 2. The van der Waals surface area contributed by atoms with Crippen LogP contribution < -0.4 is 29.6 Å². The van der Waals surface area contributed by atoms with Crippen LogP contribution in [0.1, 0.15) is 15.9 Å². The van der Waals surface area contributed by atoms with Gasteiger partial charge in [-0.3, -0.25) is 9.59 Å². The average molecular weight is 465 g/mol. The number of para-hydroxylation sites is 1. The molecule has 0 aliphatic heterocycles. The number of rotatable bonds is 11. The molecule has 0 atom stereocenters. The van der Waals surface area contributed by atoms with E-state index in [1.165, 1.54) is 0 Å². The molecule has 0 bridgehead atoms. The van der Waals surface area contributed by atoms with Crippen LogP contribution in [-0.4, -0.2) is 46.3 Å². The molecule has 34 heavy (non-hydrogen) atoms. The van der Waals surface area contributed by atoms with Crippen LogP contribution in [0.25, 0.3) is 0 Å². The van der Waals surface area contributed by atoms with E-state index in [0.717, 1.165) is 5.56 Å². The van der Waals surface area contributed by atoms with Gasteiger partial charge in [-0.05, 0) is 60.5 Å². The van der Waals surface area contributed by atoms with Crippen LogP contribution in [0.2, 0.25) is 0 Å².